The van der Waals surface area contributed by atoms with E-state index in [4.69, 9.17) is 0 Å². The molecule has 0 aliphatic carbocycles. The maximum absolute atomic E-state index is 12.2. The van der Waals surface area contributed by atoms with Crippen LogP contribution in [0.2, 0.25) is 0 Å². The lowest BCUT2D eigenvalue weighted by Gasteiger charge is -2.11. The summed E-state index contributed by atoms with van der Waals surface area (Å²) in [6, 6.07) is 10.1. The average molecular weight is 336 g/mol. The summed E-state index contributed by atoms with van der Waals surface area (Å²) in [7, 11) is 0. The normalized spacial score (nSPS) is 11.0. The average Bonchev–Trinajstić information content (AvgIpc) is 2.94. The van der Waals surface area contributed by atoms with Crippen molar-refractivity contribution in [2.24, 2.45) is 0 Å². The Kier molecular flexibility index (Phi) is 4.83. The molecule has 0 aliphatic heterocycles. The molecular formula is C20H24N4O. The Hall–Kier alpha value is -2.69. The Balaban J connectivity index is 1.66. The highest BCUT2D eigenvalue weighted by Crippen LogP contribution is 2.17. The van der Waals surface area contributed by atoms with Gasteiger partial charge in [-0.15, -0.1) is 0 Å². The van der Waals surface area contributed by atoms with E-state index in [9.17, 15) is 4.79 Å². The summed E-state index contributed by atoms with van der Waals surface area (Å²) in [5.41, 5.74) is 7.28. The molecule has 3 aromatic rings. The zero-order valence-corrected chi connectivity index (χ0v) is 15.3. The van der Waals surface area contributed by atoms with Crippen LogP contribution in [0.3, 0.4) is 0 Å². The van der Waals surface area contributed by atoms with Crippen LogP contribution in [0.4, 0.5) is 0 Å². The standard InChI is InChI=1S/C20H24N4O/c1-13-7-5-6-8-17(13)12-21-20(25)10-9-18-15(3)22-19-11-14(2)23-24(19)16(18)4/h5-8,11H,9-10,12H2,1-4H3,(H,21,25). The summed E-state index contributed by atoms with van der Waals surface area (Å²) in [5.74, 6) is 0.0544. The molecule has 0 radical (unpaired) electrons. The van der Waals surface area contributed by atoms with Crippen molar-refractivity contribution in [2.75, 3.05) is 0 Å². The SMILES string of the molecule is Cc1cc2nc(C)c(CCC(=O)NCc3ccccc3C)c(C)n2n1. The number of aromatic nitrogens is 3. The van der Waals surface area contributed by atoms with E-state index in [1.54, 1.807) is 0 Å². The summed E-state index contributed by atoms with van der Waals surface area (Å²) in [6.45, 7) is 8.62. The number of hydrogen-bond acceptors (Lipinski definition) is 3. The minimum absolute atomic E-state index is 0.0544. The highest BCUT2D eigenvalue weighted by Gasteiger charge is 2.12. The van der Waals surface area contributed by atoms with Gasteiger partial charge in [0.1, 0.15) is 0 Å². The van der Waals surface area contributed by atoms with E-state index in [1.807, 2.05) is 49.6 Å². The number of nitrogens with one attached hydrogen (secondary N) is 1. The lowest BCUT2D eigenvalue weighted by Crippen LogP contribution is -2.23. The number of hydrogen-bond donors (Lipinski definition) is 1. The number of rotatable bonds is 5. The summed E-state index contributed by atoms with van der Waals surface area (Å²) >= 11 is 0. The largest absolute Gasteiger partial charge is 0.352 e. The Morgan fingerprint density at radius 3 is 2.68 bits per heavy atom. The quantitative estimate of drug-likeness (QED) is 0.778. The molecule has 1 aromatic carbocycles. The third-order valence-electron chi connectivity index (χ3n) is 4.63. The number of fused-ring (bicyclic) bond motifs is 1. The number of benzene rings is 1. The van der Waals surface area contributed by atoms with Crippen LogP contribution in [0.15, 0.2) is 30.3 Å². The number of nitrogens with zero attached hydrogens (tertiary/aromatic N) is 3. The van der Waals surface area contributed by atoms with E-state index in [1.165, 1.54) is 5.56 Å². The summed E-state index contributed by atoms with van der Waals surface area (Å²) in [5, 5.41) is 7.49. The smallest absolute Gasteiger partial charge is 0.220 e. The molecular weight excluding hydrogens is 312 g/mol. The molecule has 5 nitrogen and oxygen atoms in total. The van der Waals surface area contributed by atoms with E-state index in [0.717, 1.165) is 33.9 Å². The van der Waals surface area contributed by atoms with Gasteiger partial charge in [-0.3, -0.25) is 4.79 Å². The molecule has 0 fully saturated rings. The minimum atomic E-state index is 0.0544. The molecule has 5 heteroatoms. The first-order valence-electron chi connectivity index (χ1n) is 8.59. The zero-order valence-electron chi connectivity index (χ0n) is 15.3. The molecule has 1 amide bonds. The van der Waals surface area contributed by atoms with Crippen LogP contribution in [-0.2, 0) is 17.8 Å². The second-order valence-corrected chi connectivity index (χ2v) is 6.52. The number of amides is 1. The molecule has 1 N–H and O–H groups in total. The third kappa shape index (κ3) is 3.71. The molecule has 0 bridgehead atoms. The molecule has 0 atom stereocenters. The first-order valence-corrected chi connectivity index (χ1v) is 8.59. The molecule has 3 rings (SSSR count). The maximum atomic E-state index is 12.2. The molecule has 2 heterocycles. The fraction of sp³-hybridized carbons (Fsp3) is 0.350. The van der Waals surface area contributed by atoms with Gasteiger partial charge >= 0.3 is 0 Å². The van der Waals surface area contributed by atoms with Gasteiger partial charge in [0.05, 0.1) is 5.69 Å². The van der Waals surface area contributed by atoms with Gasteiger partial charge < -0.3 is 5.32 Å². The second-order valence-electron chi connectivity index (χ2n) is 6.52. The van der Waals surface area contributed by atoms with Crippen LogP contribution in [0, 0.1) is 27.7 Å². The van der Waals surface area contributed by atoms with Gasteiger partial charge in [-0.25, -0.2) is 9.50 Å². The van der Waals surface area contributed by atoms with Gasteiger partial charge in [0.2, 0.25) is 5.91 Å². The van der Waals surface area contributed by atoms with Crippen LogP contribution in [0.5, 0.6) is 0 Å². The Bertz CT molecular complexity index is 927. The van der Waals surface area contributed by atoms with Crippen LogP contribution in [-0.4, -0.2) is 20.5 Å². The zero-order chi connectivity index (χ0) is 18.0. The van der Waals surface area contributed by atoms with Crippen molar-refractivity contribution >= 4 is 11.6 Å². The van der Waals surface area contributed by atoms with Crippen molar-refractivity contribution in [3.8, 4) is 0 Å². The van der Waals surface area contributed by atoms with Crippen molar-refractivity contribution in [2.45, 2.75) is 47.1 Å². The first-order chi connectivity index (χ1) is 12.0. The van der Waals surface area contributed by atoms with Crippen molar-refractivity contribution in [3.05, 3.63) is 64.1 Å². The predicted molar refractivity (Wildman–Crippen MR) is 98.5 cm³/mol. The Morgan fingerprint density at radius 2 is 1.92 bits per heavy atom. The van der Waals surface area contributed by atoms with Gasteiger partial charge in [0.25, 0.3) is 0 Å². The van der Waals surface area contributed by atoms with Gasteiger partial charge in [0.15, 0.2) is 5.65 Å². The van der Waals surface area contributed by atoms with Crippen LogP contribution < -0.4 is 5.32 Å². The van der Waals surface area contributed by atoms with Gasteiger partial charge in [-0.05, 0) is 50.8 Å². The number of aryl methyl sites for hydroxylation is 4. The van der Waals surface area contributed by atoms with Crippen LogP contribution in [0.1, 0.15) is 40.2 Å². The predicted octanol–water partition coefficient (Wildman–Crippen LogP) is 3.21. The van der Waals surface area contributed by atoms with Crippen molar-refractivity contribution in [1.82, 2.24) is 19.9 Å². The first kappa shape index (κ1) is 17.1. The monoisotopic (exact) mass is 336 g/mol. The molecule has 25 heavy (non-hydrogen) atoms. The highest BCUT2D eigenvalue weighted by atomic mass is 16.1. The second kappa shape index (κ2) is 7.05. The summed E-state index contributed by atoms with van der Waals surface area (Å²) in [4.78, 5) is 16.8. The van der Waals surface area contributed by atoms with Gasteiger partial charge in [0, 0.05) is 30.4 Å². The molecule has 2 aromatic heterocycles. The van der Waals surface area contributed by atoms with Crippen LogP contribution in [0.25, 0.3) is 5.65 Å². The molecule has 0 unspecified atom stereocenters. The molecule has 0 spiro atoms. The topological polar surface area (TPSA) is 59.3 Å². The van der Waals surface area contributed by atoms with Crippen molar-refractivity contribution in [1.29, 1.82) is 0 Å². The molecule has 0 aliphatic rings. The third-order valence-corrected chi connectivity index (χ3v) is 4.63. The van der Waals surface area contributed by atoms with Gasteiger partial charge in [-0.2, -0.15) is 5.10 Å². The van der Waals surface area contributed by atoms with Crippen LogP contribution >= 0.6 is 0 Å². The van der Waals surface area contributed by atoms with Crippen molar-refractivity contribution in [3.63, 3.8) is 0 Å². The minimum Gasteiger partial charge on any atom is -0.352 e. The Morgan fingerprint density at radius 1 is 1.16 bits per heavy atom. The Labute approximate surface area is 148 Å². The number of carbonyl (C=O) groups excluding carboxylic acids is 1. The van der Waals surface area contributed by atoms with Crippen molar-refractivity contribution < 1.29 is 4.79 Å². The summed E-state index contributed by atoms with van der Waals surface area (Å²) < 4.78 is 1.86. The van der Waals surface area contributed by atoms with E-state index < -0.39 is 0 Å². The molecule has 0 saturated heterocycles. The van der Waals surface area contributed by atoms with E-state index in [-0.39, 0.29) is 5.91 Å². The molecule has 130 valence electrons. The van der Waals surface area contributed by atoms with E-state index in [0.29, 0.717) is 19.4 Å². The lowest BCUT2D eigenvalue weighted by atomic mass is 10.1. The maximum Gasteiger partial charge on any atom is 0.220 e. The van der Waals surface area contributed by atoms with Gasteiger partial charge in [-0.1, -0.05) is 24.3 Å². The van der Waals surface area contributed by atoms with E-state index >= 15 is 0 Å². The molecule has 0 saturated carbocycles. The lowest BCUT2D eigenvalue weighted by molar-refractivity contribution is -0.121. The highest BCUT2D eigenvalue weighted by molar-refractivity contribution is 5.76. The van der Waals surface area contributed by atoms with E-state index in [2.05, 4.69) is 28.4 Å². The fourth-order valence-electron chi connectivity index (χ4n) is 3.13. The fourth-order valence-corrected chi connectivity index (χ4v) is 3.13. The number of carbonyl (C=O) groups is 1. The summed E-state index contributed by atoms with van der Waals surface area (Å²) in [6.07, 6.45) is 1.11.